The molecule has 0 unspecified atom stereocenters. The molecule has 1 amide bonds. The summed E-state index contributed by atoms with van der Waals surface area (Å²) in [4.78, 5) is 19.5. The lowest BCUT2D eigenvalue weighted by atomic mass is 10.1. The molecular formula is C14H11FN4O. The van der Waals surface area contributed by atoms with E-state index >= 15 is 0 Å². The Kier molecular flexibility index (Phi) is 4.37. The van der Waals surface area contributed by atoms with E-state index in [-0.39, 0.29) is 6.54 Å². The van der Waals surface area contributed by atoms with E-state index in [1.807, 2.05) is 0 Å². The Bertz CT molecular complexity index is 677. The largest absolute Gasteiger partial charge is 0.321 e. The second-order valence-corrected chi connectivity index (χ2v) is 3.78. The first-order valence-electron chi connectivity index (χ1n) is 5.75. The van der Waals surface area contributed by atoms with Gasteiger partial charge in [0.05, 0.1) is 23.4 Å². The molecule has 0 bridgehead atoms. The molecule has 0 aliphatic heterocycles. The van der Waals surface area contributed by atoms with Crippen LogP contribution in [0.1, 0.15) is 15.9 Å². The van der Waals surface area contributed by atoms with Crippen LogP contribution < -0.4 is 11.1 Å². The third-order valence-electron chi connectivity index (χ3n) is 2.38. The van der Waals surface area contributed by atoms with E-state index in [0.717, 1.165) is 0 Å². The molecule has 6 heteroatoms. The summed E-state index contributed by atoms with van der Waals surface area (Å²) in [6.45, 7) is 0.149. The molecule has 20 heavy (non-hydrogen) atoms. The third kappa shape index (κ3) is 3.37. The summed E-state index contributed by atoms with van der Waals surface area (Å²) < 4.78 is 13.2. The molecule has 0 radical (unpaired) electrons. The molecular weight excluding hydrogens is 259 g/mol. The molecule has 1 heterocycles. The number of carbonyl (C=O) groups is 1. The number of rotatable bonds is 2. The molecule has 100 valence electrons. The van der Waals surface area contributed by atoms with E-state index in [0.29, 0.717) is 16.8 Å². The predicted molar refractivity (Wildman–Crippen MR) is 72.3 cm³/mol. The molecule has 0 saturated carbocycles. The Morgan fingerprint density at radius 3 is 2.80 bits per heavy atom. The summed E-state index contributed by atoms with van der Waals surface area (Å²) in [7, 11) is 0. The Balaban J connectivity index is 2.27. The molecule has 1 aromatic heterocycles. The summed E-state index contributed by atoms with van der Waals surface area (Å²) in [5.41, 5.74) is 6.35. The van der Waals surface area contributed by atoms with Gasteiger partial charge in [-0.25, -0.2) is 14.4 Å². The van der Waals surface area contributed by atoms with Crippen LogP contribution in [0.5, 0.6) is 0 Å². The first-order valence-corrected chi connectivity index (χ1v) is 5.75. The van der Waals surface area contributed by atoms with Crippen molar-refractivity contribution < 1.29 is 9.18 Å². The van der Waals surface area contributed by atoms with E-state index in [1.54, 1.807) is 0 Å². The number of nitrogens with zero attached hydrogens (tertiary/aromatic N) is 2. The number of anilines is 1. The van der Waals surface area contributed by atoms with Gasteiger partial charge in [0, 0.05) is 12.4 Å². The van der Waals surface area contributed by atoms with Gasteiger partial charge in [0.1, 0.15) is 12.1 Å². The van der Waals surface area contributed by atoms with Gasteiger partial charge in [0.2, 0.25) is 0 Å². The number of nitrogens with one attached hydrogen (secondary N) is 1. The van der Waals surface area contributed by atoms with Crippen LogP contribution in [0, 0.1) is 17.7 Å². The fourth-order valence-electron chi connectivity index (χ4n) is 1.49. The quantitative estimate of drug-likeness (QED) is 0.803. The molecule has 2 aromatic rings. The monoisotopic (exact) mass is 270 g/mol. The minimum atomic E-state index is -0.438. The van der Waals surface area contributed by atoms with Crippen LogP contribution in [0.3, 0.4) is 0 Å². The molecule has 0 atom stereocenters. The third-order valence-corrected chi connectivity index (χ3v) is 2.38. The molecule has 0 fully saturated rings. The highest BCUT2D eigenvalue weighted by molar-refractivity contribution is 6.04. The van der Waals surface area contributed by atoms with Crippen molar-refractivity contribution in [3.8, 4) is 11.8 Å². The van der Waals surface area contributed by atoms with Crippen LogP contribution in [0.25, 0.3) is 0 Å². The summed E-state index contributed by atoms with van der Waals surface area (Å²) in [6, 6.07) is 3.92. The SMILES string of the molecule is NCC#Cc1cc(F)ccc1NC(=O)c1cncnc1. The molecule has 0 aliphatic rings. The molecule has 0 saturated heterocycles. The lowest BCUT2D eigenvalue weighted by molar-refractivity contribution is 0.102. The van der Waals surface area contributed by atoms with Gasteiger partial charge in [0.25, 0.3) is 5.91 Å². The summed E-state index contributed by atoms with van der Waals surface area (Å²) in [6.07, 6.45) is 4.10. The van der Waals surface area contributed by atoms with Crippen LogP contribution >= 0.6 is 0 Å². The molecule has 5 nitrogen and oxygen atoms in total. The van der Waals surface area contributed by atoms with Gasteiger partial charge in [-0.3, -0.25) is 4.79 Å². The van der Waals surface area contributed by atoms with E-state index in [9.17, 15) is 9.18 Å². The highest BCUT2D eigenvalue weighted by Crippen LogP contribution is 2.16. The Morgan fingerprint density at radius 1 is 1.35 bits per heavy atom. The molecule has 0 spiro atoms. The Hall–Kier alpha value is -2.78. The molecule has 0 aliphatic carbocycles. The van der Waals surface area contributed by atoms with E-state index in [2.05, 4.69) is 27.1 Å². The van der Waals surface area contributed by atoms with Crippen LogP contribution in [-0.2, 0) is 0 Å². The Labute approximate surface area is 115 Å². The van der Waals surface area contributed by atoms with Crippen molar-refractivity contribution in [2.75, 3.05) is 11.9 Å². The summed E-state index contributed by atoms with van der Waals surface area (Å²) >= 11 is 0. The van der Waals surface area contributed by atoms with Crippen molar-refractivity contribution in [3.05, 3.63) is 53.9 Å². The van der Waals surface area contributed by atoms with Crippen molar-refractivity contribution in [2.45, 2.75) is 0 Å². The minimum absolute atomic E-state index is 0.149. The molecule has 1 aromatic carbocycles. The van der Waals surface area contributed by atoms with Gasteiger partial charge in [-0.2, -0.15) is 0 Å². The summed E-state index contributed by atoms with van der Waals surface area (Å²) in [5, 5.41) is 2.63. The number of amides is 1. The maximum atomic E-state index is 13.2. The average Bonchev–Trinajstić information content (AvgIpc) is 2.48. The van der Waals surface area contributed by atoms with Gasteiger partial charge in [0.15, 0.2) is 0 Å². The van der Waals surface area contributed by atoms with E-state index < -0.39 is 11.7 Å². The van der Waals surface area contributed by atoms with Gasteiger partial charge in [-0.15, -0.1) is 0 Å². The second kappa shape index (κ2) is 6.41. The number of aromatic nitrogens is 2. The number of nitrogens with two attached hydrogens (primary N) is 1. The Morgan fingerprint density at radius 2 is 2.10 bits per heavy atom. The predicted octanol–water partition coefficient (Wildman–Crippen LogP) is 1.18. The van der Waals surface area contributed by atoms with Crippen molar-refractivity contribution in [2.24, 2.45) is 5.73 Å². The zero-order valence-electron chi connectivity index (χ0n) is 10.4. The standard InChI is InChI=1S/C14H11FN4O/c15-12-3-4-13(10(6-12)2-1-5-16)19-14(20)11-7-17-9-18-8-11/h3-4,6-9H,5,16H2,(H,19,20). The first-order chi connectivity index (χ1) is 9.70. The van der Waals surface area contributed by atoms with Gasteiger partial charge in [-0.1, -0.05) is 11.8 Å². The first kappa shape index (κ1) is 13.6. The highest BCUT2D eigenvalue weighted by atomic mass is 19.1. The topological polar surface area (TPSA) is 80.9 Å². The fourth-order valence-corrected chi connectivity index (χ4v) is 1.49. The number of hydrogen-bond acceptors (Lipinski definition) is 4. The van der Waals surface area contributed by atoms with E-state index in [1.165, 1.54) is 36.9 Å². The fraction of sp³-hybridized carbons (Fsp3) is 0.0714. The molecule has 3 N–H and O–H groups in total. The maximum Gasteiger partial charge on any atom is 0.258 e. The zero-order valence-corrected chi connectivity index (χ0v) is 10.4. The summed E-state index contributed by atoms with van der Waals surface area (Å²) in [5.74, 6) is 4.50. The van der Waals surface area contributed by atoms with Crippen molar-refractivity contribution in [1.29, 1.82) is 0 Å². The minimum Gasteiger partial charge on any atom is -0.321 e. The number of carbonyl (C=O) groups excluding carboxylic acids is 1. The average molecular weight is 270 g/mol. The van der Waals surface area contributed by atoms with Crippen LogP contribution in [-0.4, -0.2) is 22.4 Å². The van der Waals surface area contributed by atoms with Crippen LogP contribution in [0.4, 0.5) is 10.1 Å². The van der Waals surface area contributed by atoms with Gasteiger partial charge >= 0.3 is 0 Å². The normalized spacial score (nSPS) is 9.50. The lowest BCUT2D eigenvalue weighted by Crippen LogP contribution is -2.13. The number of halogens is 1. The van der Waals surface area contributed by atoms with Gasteiger partial charge < -0.3 is 11.1 Å². The molecule has 2 rings (SSSR count). The number of hydrogen-bond donors (Lipinski definition) is 2. The lowest BCUT2D eigenvalue weighted by Gasteiger charge is -2.07. The smallest absolute Gasteiger partial charge is 0.258 e. The van der Waals surface area contributed by atoms with Crippen LogP contribution in [0.2, 0.25) is 0 Å². The van der Waals surface area contributed by atoms with Crippen molar-refractivity contribution >= 4 is 11.6 Å². The van der Waals surface area contributed by atoms with Gasteiger partial charge in [-0.05, 0) is 18.2 Å². The number of benzene rings is 1. The second-order valence-electron chi connectivity index (χ2n) is 3.78. The van der Waals surface area contributed by atoms with Crippen molar-refractivity contribution in [1.82, 2.24) is 9.97 Å². The zero-order chi connectivity index (χ0) is 14.4. The van der Waals surface area contributed by atoms with Crippen LogP contribution in [0.15, 0.2) is 36.9 Å². The van der Waals surface area contributed by atoms with Crippen molar-refractivity contribution in [3.63, 3.8) is 0 Å². The highest BCUT2D eigenvalue weighted by Gasteiger charge is 2.09. The van der Waals surface area contributed by atoms with E-state index in [4.69, 9.17) is 5.73 Å². The maximum absolute atomic E-state index is 13.2.